The van der Waals surface area contributed by atoms with Gasteiger partial charge in [0.1, 0.15) is 6.04 Å². The lowest BCUT2D eigenvalue weighted by atomic mass is 10.0. The van der Waals surface area contributed by atoms with Gasteiger partial charge in [-0.2, -0.15) is 0 Å². The van der Waals surface area contributed by atoms with Crippen molar-refractivity contribution in [2.75, 3.05) is 13.1 Å². The Labute approximate surface area is 214 Å². The third-order valence-electron chi connectivity index (χ3n) is 5.47. The Balaban J connectivity index is 1.63. The number of carbonyl (C=O) groups is 4. The van der Waals surface area contributed by atoms with E-state index in [9.17, 15) is 19.2 Å². The van der Waals surface area contributed by atoms with Gasteiger partial charge in [-0.3, -0.25) is 24.4 Å². The summed E-state index contributed by atoms with van der Waals surface area (Å²) in [5.74, 6) is -3.18. The molecule has 2 heterocycles. The highest BCUT2D eigenvalue weighted by Crippen LogP contribution is 2.16. The van der Waals surface area contributed by atoms with E-state index in [0.717, 1.165) is 11.1 Å². The summed E-state index contributed by atoms with van der Waals surface area (Å²) in [4.78, 5) is 55.5. The van der Waals surface area contributed by atoms with E-state index in [1.54, 1.807) is 36.9 Å². The lowest BCUT2D eigenvalue weighted by molar-refractivity contribution is -0.144. The number of carboxylic acids is 1. The smallest absolute Gasteiger partial charge is 0.345 e. The second kappa shape index (κ2) is 14.2. The predicted octanol–water partition coefficient (Wildman–Crippen LogP) is 2.26. The number of carboxylic acid groups (broad SMARTS) is 1. The number of carbonyl (C=O) groups excluding carboxylic acids is 3. The minimum absolute atomic E-state index is 0.112. The first-order valence-electron chi connectivity index (χ1n) is 11.8. The number of benzene rings is 1. The second-order valence-electron chi connectivity index (χ2n) is 8.17. The largest absolute Gasteiger partial charge is 0.481 e. The van der Waals surface area contributed by atoms with Gasteiger partial charge in [0.2, 0.25) is 5.91 Å². The maximum atomic E-state index is 13.1. The van der Waals surface area contributed by atoms with Gasteiger partial charge in [0, 0.05) is 37.9 Å². The number of rotatable bonds is 13. The molecule has 192 valence electrons. The molecule has 10 heteroatoms. The van der Waals surface area contributed by atoms with Crippen molar-refractivity contribution in [3.63, 3.8) is 0 Å². The van der Waals surface area contributed by atoms with Gasteiger partial charge in [0.25, 0.3) is 0 Å². The fourth-order valence-corrected chi connectivity index (χ4v) is 3.49. The van der Waals surface area contributed by atoms with Gasteiger partial charge in [-0.05, 0) is 65.9 Å². The van der Waals surface area contributed by atoms with Gasteiger partial charge in [-0.15, -0.1) is 0 Å². The first-order valence-corrected chi connectivity index (χ1v) is 11.8. The van der Waals surface area contributed by atoms with Crippen molar-refractivity contribution < 1.29 is 29.0 Å². The monoisotopic (exact) mass is 504 g/mol. The van der Waals surface area contributed by atoms with Gasteiger partial charge >= 0.3 is 17.9 Å². The summed E-state index contributed by atoms with van der Waals surface area (Å²) < 4.78 is 4.70. The number of nitrogens with zero attached hydrogens (tertiary/aromatic N) is 2. The summed E-state index contributed by atoms with van der Waals surface area (Å²) in [6.45, 7) is 0.961. The second-order valence-corrected chi connectivity index (χ2v) is 8.17. The van der Waals surface area contributed by atoms with Crippen LogP contribution in [-0.4, -0.2) is 52.0 Å². The summed E-state index contributed by atoms with van der Waals surface area (Å²) >= 11 is 0. The Bertz CT molecular complexity index is 1190. The zero-order valence-corrected chi connectivity index (χ0v) is 20.1. The number of hydrogen-bond acceptors (Lipinski definition) is 8. The lowest BCUT2D eigenvalue weighted by Crippen LogP contribution is -2.39. The number of ether oxygens (including phenoxy) is 1. The van der Waals surface area contributed by atoms with E-state index >= 15 is 0 Å². The van der Waals surface area contributed by atoms with Crippen LogP contribution in [0.1, 0.15) is 45.9 Å². The minimum atomic E-state index is -1.16. The van der Waals surface area contributed by atoms with Crippen LogP contribution in [0.3, 0.4) is 0 Å². The number of pyridine rings is 2. The van der Waals surface area contributed by atoms with E-state index in [0.29, 0.717) is 31.5 Å². The Morgan fingerprint density at radius 3 is 1.92 bits per heavy atom. The van der Waals surface area contributed by atoms with Gasteiger partial charge in [0.15, 0.2) is 0 Å². The molecule has 0 radical (unpaired) electrons. The molecule has 37 heavy (non-hydrogen) atoms. The van der Waals surface area contributed by atoms with Crippen molar-refractivity contribution in [2.24, 2.45) is 0 Å². The molecule has 0 aliphatic heterocycles. The molecule has 1 amide bonds. The zero-order chi connectivity index (χ0) is 26.5. The lowest BCUT2D eigenvalue weighted by Gasteiger charge is -2.19. The third-order valence-corrected chi connectivity index (χ3v) is 5.47. The molecule has 0 aliphatic carbocycles. The molecule has 0 fully saturated rings. The molecule has 1 unspecified atom stereocenters. The van der Waals surface area contributed by atoms with E-state index in [1.165, 1.54) is 12.1 Å². The summed E-state index contributed by atoms with van der Waals surface area (Å²) in [6, 6.07) is 13.1. The van der Waals surface area contributed by atoms with E-state index in [2.05, 4.69) is 20.6 Å². The highest BCUT2D eigenvalue weighted by molar-refractivity contribution is 5.97. The van der Waals surface area contributed by atoms with Crippen LogP contribution < -0.4 is 10.6 Å². The molecule has 0 spiro atoms. The first-order chi connectivity index (χ1) is 17.9. The number of amides is 1. The number of nitrogens with one attached hydrogen (secondary N) is 2. The fraction of sp³-hybridized carbons (Fsp3) is 0.259. The maximum absolute atomic E-state index is 13.1. The molecule has 0 bridgehead atoms. The van der Waals surface area contributed by atoms with Crippen LogP contribution in [0.15, 0.2) is 73.3 Å². The van der Waals surface area contributed by atoms with Crippen LogP contribution in [0.4, 0.5) is 0 Å². The van der Waals surface area contributed by atoms with Gasteiger partial charge in [-0.1, -0.05) is 12.1 Å². The Morgan fingerprint density at radius 2 is 1.35 bits per heavy atom. The summed E-state index contributed by atoms with van der Waals surface area (Å²) in [7, 11) is 0. The standard InChI is InChI=1S/C27H28N4O6/c32-23(33)5-6-24(34)37-27(36)22-3-1-21(2-4-22)25(30-17-11-19-7-13-28-14-8-19)26(35)31-18-12-20-9-15-29-16-10-20/h1-4,7-10,13-16,25,30H,5-6,11-12,17-18H2,(H,31,35)(H,32,33). The molecule has 0 saturated heterocycles. The molecule has 3 rings (SSSR count). The predicted molar refractivity (Wildman–Crippen MR) is 133 cm³/mol. The number of aromatic nitrogens is 2. The van der Waals surface area contributed by atoms with Crippen molar-refractivity contribution in [3.8, 4) is 0 Å². The SMILES string of the molecule is O=C(O)CCC(=O)OC(=O)c1ccc(C(NCCc2ccncc2)C(=O)NCCc2ccncc2)cc1. The maximum Gasteiger partial charge on any atom is 0.345 e. The van der Waals surface area contributed by atoms with Crippen LogP contribution in [0, 0.1) is 0 Å². The van der Waals surface area contributed by atoms with Crippen molar-refractivity contribution in [1.29, 1.82) is 0 Å². The summed E-state index contributed by atoms with van der Waals surface area (Å²) in [6.07, 6.45) is 7.34. The normalized spacial score (nSPS) is 11.4. The molecule has 2 aromatic heterocycles. The number of aliphatic carboxylic acids is 1. The van der Waals surface area contributed by atoms with Crippen LogP contribution in [-0.2, 0) is 32.0 Å². The van der Waals surface area contributed by atoms with Crippen molar-refractivity contribution in [3.05, 3.63) is 95.6 Å². The summed E-state index contributed by atoms with van der Waals surface area (Å²) in [5, 5.41) is 14.9. The molecule has 0 aliphatic rings. The van der Waals surface area contributed by atoms with Gasteiger partial charge in [-0.25, -0.2) is 4.79 Å². The van der Waals surface area contributed by atoms with Crippen molar-refractivity contribution >= 4 is 23.8 Å². The summed E-state index contributed by atoms with van der Waals surface area (Å²) in [5.41, 5.74) is 2.87. The molecule has 1 aromatic carbocycles. The van der Waals surface area contributed by atoms with Crippen molar-refractivity contribution in [1.82, 2.24) is 20.6 Å². The number of esters is 2. The molecule has 1 atom stereocenters. The molecule has 10 nitrogen and oxygen atoms in total. The molecular weight excluding hydrogens is 476 g/mol. The molecule has 3 N–H and O–H groups in total. The highest BCUT2D eigenvalue weighted by atomic mass is 16.6. The van der Waals surface area contributed by atoms with Gasteiger partial charge in [0.05, 0.1) is 18.4 Å². The van der Waals surface area contributed by atoms with Crippen LogP contribution in [0.5, 0.6) is 0 Å². The Kier molecular flexibility index (Phi) is 10.4. The molecule has 0 saturated carbocycles. The average Bonchev–Trinajstić information content (AvgIpc) is 2.91. The van der Waals surface area contributed by atoms with Gasteiger partial charge < -0.3 is 20.5 Å². The third kappa shape index (κ3) is 9.26. The van der Waals surface area contributed by atoms with Crippen molar-refractivity contribution in [2.45, 2.75) is 31.7 Å². The average molecular weight is 505 g/mol. The topological polar surface area (TPSA) is 148 Å². The van der Waals surface area contributed by atoms with E-state index < -0.39 is 36.8 Å². The Morgan fingerprint density at radius 1 is 0.784 bits per heavy atom. The number of hydrogen-bond donors (Lipinski definition) is 3. The van der Waals surface area contributed by atoms with E-state index in [1.807, 2.05) is 24.3 Å². The molecule has 3 aromatic rings. The van der Waals surface area contributed by atoms with Crippen LogP contribution in [0.25, 0.3) is 0 Å². The van der Waals surface area contributed by atoms with Crippen LogP contribution in [0.2, 0.25) is 0 Å². The zero-order valence-electron chi connectivity index (χ0n) is 20.1. The minimum Gasteiger partial charge on any atom is -0.481 e. The van der Waals surface area contributed by atoms with E-state index in [-0.39, 0.29) is 11.5 Å². The van der Waals surface area contributed by atoms with Crippen LogP contribution >= 0.6 is 0 Å². The molecular formula is C27H28N4O6. The quantitative estimate of drug-likeness (QED) is 0.235. The first kappa shape index (κ1) is 27.2. The highest BCUT2D eigenvalue weighted by Gasteiger charge is 2.21. The fourth-order valence-electron chi connectivity index (χ4n) is 3.49. The van der Waals surface area contributed by atoms with E-state index in [4.69, 9.17) is 9.84 Å². The Hall–Kier alpha value is -4.44.